The highest BCUT2D eigenvalue weighted by molar-refractivity contribution is 8.00. The molecule has 0 aliphatic carbocycles. The highest BCUT2D eigenvalue weighted by Crippen LogP contribution is 2.25. The van der Waals surface area contributed by atoms with Gasteiger partial charge in [-0.15, -0.1) is 11.8 Å². The SMILES string of the molecule is CC(Sc1cnccc1C#N)C(=O)O. The van der Waals surface area contributed by atoms with Crippen LogP contribution in [0.3, 0.4) is 0 Å². The first kappa shape index (κ1) is 10.5. The van der Waals surface area contributed by atoms with Gasteiger partial charge in [0.1, 0.15) is 11.3 Å². The van der Waals surface area contributed by atoms with E-state index in [9.17, 15) is 4.79 Å². The number of carboxylic acids is 1. The molecule has 0 saturated heterocycles. The fraction of sp³-hybridized carbons (Fsp3) is 0.222. The van der Waals surface area contributed by atoms with Crippen LogP contribution in [0.25, 0.3) is 0 Å². The molecule has 1 rings (SSSR count). The summed E-state index contributed by atoms with van der Waals surface area (Å²) in [4.78, 5) is 15.0. The van der Waals surface area contributed by atoms with Crippen molar-refractivity contribution in [3.05, 3.63) is 24.0 Å². The van der Waals surface area contributed by atoms with Gasteiger partial charge in [-0.1, -0.05) is 0 Å². The second-order valence-electron chi connectivity index (χ2n) is 2.58. The van der Waals surface area contributed by atoms with Crippen LogP contribution in [0.1, 0.15) is 12.5 Å². The summed E-state index contributed by atoms with van der Waals surface area (Å²) in [6.45, 7) is 1.57. The number of nitrogens with zero attached hydrogens (tertiary/aromatic N) is 2. The van der Waals surface area contributed by atoms with Crippen LogP contribution < -0.4 is 0 Å². The van der Waals surface area contributed by atoms with Gasteiger partial charge in [-0.3, -0.25) is 9.78 Å². The number of nitriles is 1. The van der Waals surface area contributed by atoms with Crippen molar-refractivity contribution in [1.29, 1.82) is 5.26 Å². The van der Waals surface area contributed by atoms with E-state index in [2.05, 4.69) is 4.98 Å². The Morgan fingerprint density at radius 2 is 2.50 bits per heavy atom. The summed E-state index contributed by atoms with van der Waals surface area (Å²) in [7, 11) is 0. The van der Waals surface area contributed by atoms with Crippen LogP contribution in [0.5, 0.6) is 0 Å². The number of aromatic nitrogens is 1. The zero-order valence-electron chi connectivity index (χ0n) is 7.47. The van der Waals surface area contributed by atoms with Gasteiger partial charge in [-0.25, -0.2) is 0 Å². The van der Waals surface area contributed by atoms with E-state index in [1.54, 1.807) is 13.0 Å². The third kappa shape index (κ3) is 2.47. The molecule has 1 N–H and O–H groups in total. The lowest BCUT2D eigenvalue weighted by atomic mass is 10.3. The predicted molar refractivity (Wildman–Crippen MR) is 51.9 cm³/mol. The van der Waals surface area contributed by atoms with Gasteiger partial charge in [0.25, 0.3) is 0 Å². The number of carbonyl (C=O) groups is 1. The standard InChI is InChI=1S/C9H8N2O2S/c1-6(9(12)13)14-8-5-11-3-2-7(8)4-10/h2-3,5-6H,1H3,(H,12,13). The lowest BCUT2D eigenvalue weighted by molar-refractivity contribution is -0.136. The van der Waals surface area contributed by atoms with Gasteiger partial charge in [0.2, 0.25) is 0 Å². The number of rotatable bonds is 3. The Hall–Kier alpha value is -1.54. The summed E-state index contributed by atoms with van der Waals surface area (Å²) in [6, 6.07) is 3.55. The third-order valence-corrected chi connectivity index (χ3v) is 2.69. The number of thioether (sulfide) groups is 1. The van der Waals surface area contributed by atoms with E-state index in [1.807, 2.05) is 6.07 Å². The largest absolute Gasteiger partial charge is 0.480 e. The molecule has 0 amide bonds. The van der Waals surface area contributed by atoms with Crippen LogP contribution in [-0.4, -0.2) is 21.3 Å². The van der Waals surface area contributed by atoms with Gasteiger partial charge in [-0.2, -0.15) is 5.26 Å². The van der Waals surface area contributed by atoms with Crippen molar-refractivity contribution < 1.29 is 9.90 Å². The summed E-state index contributed by atoms with van der Waals surface area (Å²) in [5.74, 6) is -0.900. The summed E-state index contributed by atoms with van der Waals surface area (Å²) in [6.07, 6.45) is 3.01. The van der Waals surface area contributed by atoms with Crippen molar-refractivity contribution in [3.8, 4) is 6.07 Å². The van der Waals surface area contributed by atoms with Gasteiger partial charge in [0.05, 0.1) is 5.56 Å². The minimum absolute atomic E-state index is 0.457. The van der Waals surface area contributed by atoms with Crippen LogP contribution in [0, 0.1) is 11.3 Å². The van der Waals surface area contributed by atoms with E-state index in [4.69, 9.17) is 10.4 Å². The molecule has 0 bridgehead atoms. The van der Waals surface area contributed by atoms with Crippen molar-refractivity contribution in [2.75, 3.05) is 0 Å². The molecule has 1 aromatic heterocycles. The monoisotopic (exact) mass is 208 g/mol. The normalized spacial score (nSPS) is 11.7. The maximum atomic E-state index is 10.6. The maximum absolute atomic E-state index is 10.6. The highest BCUT2D eigenvalue weighted by atomic mass is 32.2. The molecule has 0 aliphatic heterocycles. The van der Waals surface area contributed by atoms with Crippen LogP contribution >= 0.6 is 11.8 Å². The van der Waals surface area contributed by atoms with Crippen molar-refractivity contribution >= 4 is 17.7 Å². The summed E-state index contributed by atoms with van der Waals surface area (Å²) < 4.78 is 0. The first-order valence-electron chi connectivity index (χ1n) is 3.88. The fourth-order valence-corrected chi connectivity index (χ4v) is 1.65. The Morgan fingerprint density at radius 3 is 3.07 bits per heavy atom. The number of aliphatic carboxylic acids is 1. The zero-order valence-corrected chi connectivity index (χ0v) is 8.28. The first-order valence-corrected chi connectivity index (χ1v) is 4.76. The lowest BCUT2D eigenvalue weighted by Gasteiger charge is -2.06. The van der Waals surface area contributed by atoms with Crippen molar-refractivity contribution in [2.45, 2.75) is 17.1 Å². The highest BCUT2D eigenvalue weighted by Gasteiger charge is 2.14. The predicted octanol–water partition coefficient (Wildman–Crippen LogP) is 1.52. The van der Waals surface area contributed by atoms with Crippen molar-refractivity contribution in [1.82, 2.24) is 4.98 Å². The first-order chi connectivity index (χ1) is 6.65. The Bertz CT molecular complexity index is 387. The third-order valence-electron chi connectivity index (χ3n) is 1.56. The molecule has 1 aromatic rings. The molecule has 1 heterocycles. The second-order valence-corrected chi connectivity index (χ2v) is 3.96. The van der Waals surface area contributed by atoms with Crippen LogP contribution in [0.2, 0.25) is 0 Å². The average Bonchev–Trinajstić information content (AvgIpc) is 2.18. The minimum atomic E-state index is -0.900. The number of hydrogen-bond acceptors (Lipinski definition) is 4. The molecule has 5 heteroatoms. The molecule has 72 valence electrons. The zero-order chi connectivity index (χ0) is 10.6. The summed E-state index contributed by atoms with van der Waals surface area (Å²) in [5, 5.41) is 16.8. The Labute approximate surface area is 85.6 Å². The molecule has 0 spiro atoms. The summed E-state index contributed by atoms with van der Waals surface area (Å²) in [5.41, 5.74) is 0.457. The lowest BCUT2D eigenvalue weighted by Crippen LogP contribution is -2.11. The van der Waals surface area contributed by atoms with E-state index >= 15 is 0 Å². The Morgan fingerprint density at radius 1 is 1.79 bits per heavy atom. The summed E-state index contributed by atoms with van der Waals surface area (Å²) >= 11 is 1.12. The molecular formula is C9H8N2O2S. The topological polar surface area (TPSA) is 74.0 Å². The minimum Gasteiger partial charge on any atom is -0.480 e. The van der Waals surface area contributed by atoms with Crippen molar-refractivity contribution in [3.63, 3.8) is 0 Å². The van der Waals surface area contributed by atoms with E-state index in [1.165, 1.54) is 12.4 Å². The van der Waals surface area contributed by atoms with Gasteiger partial charge in [-0.05, 0) is 13.0 Å². The van der Waals surface area contributed by atoms with E-state index in [0.717, 1.165) is 11.8 Å². The molecular weight excluding hydrogens is 200 g/mol. The van der Waals surface area contributed by atoms with E-state index < -0.39 is 11.2 Å². The molecule has 1 unspecified atom stereocenters. The number of pyridine rings is 1. The van der Waals surface area contributed by atoms with Crippen LogP contribution in [-0.2, 0) is 4.79 Å². The molecule has 0 aliphatic rings. The van der Waals surface area contributed by atoms with Gasteiger partial charge >= 0.3 is 5.97 Å². The van der Waals surface area contributed by atoms with Crippen LogP contribution in [0.4, 0.5) is 0 Å². The quantitative estimate of drug-likeness (QED) is 0.762. The molecule has 1 atom stereocenters. The van der Waals surface area contributed by atoms with Gasteiger partial charge < -0.3 is 5.11 Å². The molecule has 14 heavy (non-hydrogen) atoms. The van der Waals surface area contributed by atoms with Crippen molar-refractivity contribution in [2.24, 2.45) is 0 Å². The van der Waals surface area contributed by atoms with Crippen LogP contribution in [0.15, 0.2) is 23.4 Å². The average molecular weight is 208 g/mol. The second kappa shape index (κ2) is 4.63. The molecule has 0 radical (unpaired) electrons. The Balaban J connectivity index is 2.87. The number of carboxylic acid groups (broad SMARTS) is 1. The van der Waals surface area contributed by atoms with Gasteiger partial charge in [0, 0.05) is 17.3 Å². The van der Waals surface area contributed by atoms with Gasteiger partial charge in [0.15, 0.2) is 0 Å². The number of hydrogen-bond donors (Lipinski definition) is 1. The Kier molecular flexibility index (Phi) is 3.48. The molecule has 0 fully saturated rings. The molecule has 0 saturated carbocycles. The maximum Gasteiger partial charge on any atom is 0.316 e. The molecule has 0 aromatic carbocycles. The molecule has 4 nitrogen and oxygen atoms in total. The van der Waals surface area contributed by atoms with E-state index in [-0.39, 0.29) is 0 Å². The van der Waals surface area contributed by atoms with E-state index in [0.29, 0.717) is 10.5 Å². The smallest absolute Gasteiger partial charge is 0.316 e. The fourth-order valence-electron chi connectivity index (χ4n) is 0.807.